The van der Waals surface area contributed by atoms with E-state index in [1.165, 1.54) is 7.11 Å². The quantitative estimate of drug-likeness (QED) is 0.864. The molecule has 0 spiro atoms. The van der Waals surface area contributed by atoms with Gasteiger partial charge in [0.2, 0.25) is 0 Å². The van der Waals surface area contributed by atoms with Gasteiger partial charge in [0, 0.05) is 5.92 Å². The summed E-state index contributed by atoms with van der Waals surface area (Å²) >= 11 is 0. The van der Waals surface area contributed by atoms with Crippen molar-refractivity contribution in [3.8, 4) is 12.1 Å². The molecule has 1 fully saturated rings. The summed E-state index contributed by atoms with van der Waals surface area (Å²) in [6.45, 7) is 1.97. The third-order valence-electron chi connectivity index (χ3n) is 5.02. The number of hydrogen-bond acceptors (Lipinski definition) is 5. The summed E-state index contributed by atoms with van der Waals surface area (Å²) in [7, 11) is 1.31. The first-order valence-corrected chi connectivity index (χ1v) is 8.35. The zero-order chi connectivity index (χ0) is 18.7. The normalized spacial score (nSPS) is 23.6. The van der Waals surface area contributed by atoms with Gasteiger partial charge in [-0.2, -0.15) is 10.5 Å². The highest BCUT2D eigenvalue weighted by atomic mass is 16.5. The van der Waals surface area contributed by atoms with Crippen molar-refractivity contribution in [1.82, 2.24) is 5.32 Å². The van der Waals surface area contributed by atoms with Gasteiger partial charge >= 0.3 is 5.97 Å². The van der Waals surface area contributed by atoms with Gasteiger partial charge in [0.15, 0.2) is 5.41 Å². The van der Waals surface area contributed by atoms with Gasteiger partial charge in [-0.15, -0.1) is 0 Å². The number of carbonyl (C=O) groups is 1. The minimum Gasteiger partial charge on any atom is -0.468 e. The van der Waals surface area contributed by atoms with E-state index in [9.17, 15) is 15.3 Å². The van der Waals surface area contributed by atoms with E-state index in [-0.39, 0.29) is 0 Å². The van der Waals surface area contributed by atoms with Gasteiger partial charge in [0.05, 0.1) is 25.3 Å². The fourth-order valence-electron chi connectivity index (χ4n) is 3.71. The average molecular weight is 345 g/mol. The van der Waals surface area contributed by atoms with Crippen molar-refractivity contribution in [3.63, 3.8) is 0 Å². The molecule has 1 N–H and O–H groups in total. The molecule has 0 amide bonds. The molecule has 130 valence electrons. The SMILES string of the molecule is COC(=O)C1NC(c2ccc(C)cc2)C(C#N)(C#N)C1c1ccccc1. The molecule has 3 atom stereocenters. The lowest BCUT2D eigenvalue weighted by Crippen LogP contribution is -2.37. The molecule has 1 heterocycles. The van der Waals surface area contributed by atoms with Crippen LogP contribution in [0.5, 0.6) is 0 Å². The number of nitrogens with zero attached hydrogens (tertiary/aromatic N) is 2. The minimum absolute atomic E-state index is 0.483. The van der Waals surface area contributed by atoms with Crippen LogP contribution >= 0.6 is 0 Å². The van der Waals surface area contributed by atoms with Crippen LogP contribution in [0.4, 0.5) is 0 Å². The largest absolute Gasteiger partial charge is 0.468 e. The number of ether oxygens (including phenoxy) is 1. The number of rotatable bonds is 3. The highest BCUT2D eigenvalue weighted by molar-refractivity contribution is 5.79. The van der Waals surface area contributed by atoms with Crippen LogP contribution in [0.15, 0.2) is 54.6 Å². The number of nitrogens with one attached hydrogen (secondary N) is 1. The van der Waals surface area contributed by atoms with Crippen LogP contribution in [0, 0.1) is 35.0 Å². The predicted octanol–water partition coefficient (Wildman–Crippen LogP) is 3.00. The van der Waals surface area contributed by atoms with Crippen LogP contribution in [-0.2, 0) is 9.53 Å². The fourth-order valence-corrected chi connectivity index (χ4v) is 3.71. The second-order valence-electron chi connectivity index (χ2n) is 6.49. The highest BCUT2D eigenvalue weighted by Gasteiger charge is 2.59. The van der Waals surface area contributed by atoms with Crippen molar-refractivity contribution in [2.75, 3.05) is 7.11 Å². The van der Waals surface area contributed by atoms with Gasteiger partial charge < -0.3 is 4.74 Å². The smallest absolute Gasteiger partial charge is 0.323 e. The van der Waals surface area contributed by atoms with Crippen LogP contribution < -0.4 is 5.32 Å². The molecule has 2 aromatic carbocycles. The van der Waals surface area contributed by atoms with E-state index in [0.717, 1.165) is 16.7 Å². The molecule has 26 heavy (non-hydrogen) atoms. The van der Waals surface area contributed by atoms with Gasteiger partial charge in [0.1, 0.15) is 6.04 Å². The number of nitriles is 2. The third kappa shape index (κ3) is 2.73. The number of esters is 1. The zero-order valence-corrected chi connectivity index (χ0v) is 14.6. The number of carbonyl (C=O) groups excluding carboxylic acids is 1. The second-order valence-corrected chi connectivity index (χ2v) is 6.49. The Bertz CT molecular complexity index is 864. The summed E-state index contributed by atoms with van der Waals surface area (Å²) < 4.78 is 4.95. The van der Waals surface area contributed by atoms with Gasteiger partial charge in [-0.1, -0.05) is 60.2 Å². The number of benzene rings is 2. The molecule has 2 aromatic rings. The third-order valence-corrected chi connectivity index (χ3v) is 5.02. The van der Waals surface area contributed by atoms with E-state index in [2.05, 4.69) is 17.5 Å². The summed E-state index contributed by atoms with van der Waals surface area (Å²) in [4.78, 5) is 12.4. The van der Waals surface area contributed by atoms with Crippen molar-refractivity contribution >= 4 is 5.97 Å². The molecule has 0 aliphatic carbocycles. The summed E-state index contributed by atoms with van der Waals surface area (Å²) in [5, 5.41) is 23.3. The number of hydrogen-bond donors (Lipinski definition) is 1. The average Bonchev–Trinajstić information content (AvgIpc) is 3.04. The van der Waals surface area contributed by atoms with E-state index in [0.29, 0.717) is 0 Å². The van der Waals surface area contributed by atoms with E-state index in [1.54, 1.807) is 0 Å². The minimum atomic E-state index is -1.44. The van der Waals surface area contributed by atoms with Crippen LogP contribution in [0.3, 0.4) is 0 Å². The molecule has 0 bridgehead atoms. The fraction of sp³-hybridized carbons (Fsp3) is 0.286. The van der Waals surface area contributed by atoms with Crippen LogP contribution in [0.2, 0.25) is 0 Å². The van der Waals surface area contributed by atoms with E-state index in [4.69, 9.17) is 4.74 Å². The molecule has 5 nitrogen and oxygen atoms in total. The lowest BCUT2D eigenvalue weighted by molar-refractivity contribution is -0.143. The molecule has 5 heteroatoms. The van der Waals surface area contributed by atoms with Gasteiger partial charge in [-0.25, -0.2) is 0 Å². The maximum Gasteiger partial charge on any atom is 0.323 e. The highest BCUT2D eigenvalue weighted by Crippen LogP contribution is 2.52. The first-order chi connectivity index (χ1) is 12.6. The summed E-state index contributed by atoms with van der Waals surface area (Å²) in [6.07, 6.45) is 0. The standard InChI is InChI=1S/C21H19N3O2/c1-14-8-10-16(11-9-14)19-21(12-22,13-23)17(15-6-4-3-5-7-15)18(24-19)20(25)26-2/h3-11,17-19,24H,1-2H3. The Morgan fingerprint density at radius 1 is 1.04 bits per heavy atom. The molecule has 3 unspecified atom stereocenters. The van der Waals surface area contributed by atoms with Crippen molar-refractivity contribution in [2.45, 2.75) is 24.9 Å². The Labute approximate surface area is 152 Å². The topological polar surface area (TPSA) is 85.9 Å². The van der Waals surface area contributed by atoms with Crippen LogP contribution in [-0.4, -0.2) is 19.1 Å². The van der Waals surface area contributed by atoms with Gasteiger partial charge in [-0.05, 0) is 18.1 Å². The maximum absolute atomic E-state index is 12.4. The monoisotopic (exact) mass is 345 g/mol. The Balaban J connectivity index is 2.18. The Morgan fingerprint density at radius 2 is 1.65 bits per heavy atom. The summed E-state index contributed by atoms with van der Waals surface area (Å²) in [6, 6.07) is 19.9. The molecular weight excluding hydrogens is 326 g/mol. The van der Waals surface area contributed by atoms with Crippen LogP contribution in [0.25, 0.3) is 0 Å². The molecule has 1 saturated heterocycles. The lowest BCUT2D eigenvalue weighted by Gasteiger charge is -2.27. The Hall–Kier alpha value is -3.15. The maximum atomic E-state index is 12.4. The molecule has 0 radical (unpaired) electrons. The summed E-state index contributed by atoms with van der Waals surface area (Å²) in [5.74, 6) is -1.12. The van der Waals surface area contributed by atoms with Gasteiger partial charge in [0.25, 0.3) is 0 Å². The predicted molar refractivity (Wildman–Crippen MR) is 95.7 cm³/mol. The second kappa shape index (κ2) is 7.00. The lowest BCUT2D eigenvalue weighted by atomic mass is 9.69. The number of aryl methyl sites for hydroxylation is 1. The van der Waals surface area contributed by atoms with E-state index in [1.807, 2.05) is 61.5 Å². The first-order valence-electron chi connectivity index (χ1n) is 8.35. The van der Waals surface area contributed by atoms with Crippen molar-refractivity contribution in [3.05, 3.63) is 71.3 Å². The van der Waals surface area contributed by atoms with E-state index < -0.39 is 29.4 Å². The molecular formula is C21H19N3O2. The molecule has 1 aliphatic rings. The van der Waals surface area contributed by atoms with Gasteiger partial charge in [-0.3, -0.25) is 10.1 Å². The molecule has 0 saturated carbocycles. The Morgan fingerprint density at radius 3 is 2.19 bits per heavy atom. The van der Waals surface area contributed by atoms with E-state index >= 15 is 0 Å². The van der Waals surface area contributed by atoms with Crippen molar-refractivity contribution in [1.29, 1.82) is 10.5 Å². The zero-order valence-electron chi connectivity index (χ0n) is 14.6. The molecule has 1 aliphatic heterocycles. The first kappa shape index (κ1) is 17.7. The van der Waals surface area contributed by atoms with Crippen molar-refractivity contribution in [2.24, 2.45) is 5.41 Å². The molecule has 0 aromatic heterocycles. The van der Waals surface area contributed by atoms with Crippen molar-refractivity contribution < 1.29 is 9.53 Å². The molecule has 3 rings (SSSR count). The van der Waals surface area contributed by atoms with Crippen LogP contribution in [0.1, 0.15) is 28.7 Å². The summed E-state index contributed by atoms with van der Waals surface area (Å²) in [5.41, 5.74) is 1.20. The Kier molecular flexibility index (Phi) is 4.75. The number of methoxy groups -OCH3 is 1.